The largest absolute Gasteiger partial charge is 0.481 e. The Morgan fingerprint density at radius 1 is 1.11 bits per heavy atom. The number of hydrogen-bond donors (Lipinski definition) is 0. The van der Waals surface area contributed by atoms with E-state index in [2.05, 4.69) is 18.1 Å². The molecular formula is C29H42N4O3. The van der Waals surface area contributed by atoms with Gasteiger partial charge < -0.3 is 14.5 Å². The number of rotatable bonds is 3. The second kappa shape index (κ2) is 11.1. The maximum Gasteiger partial charge on any atom is 0.263 e. The lowest BCUT2D eigenvalue weighted by molar-refractivity contribution is -0.140. The van der Waals surface area contributed by atoms with E-state index in [0.717, 1.165) is 81.7 Å². The summed E-state index contributed by atoms with van der Waals surface area (Å²) in [6, 6.07) is 8.08. The maximum absolute atomic E-state index is 13.2. The number of benzene rings is 1. The van der Waals surface area contributed by atoms with Crippen LogP contribution in [0.2, 0.25) is 0 Å². The molecule has 196 valence electrons. The molecule has 36 heavy (non-hydrogen) atoms. The average Bonchev–Trinajstić information content (AvgIpc) is 3.10. The minimum absolute atomic E-state index is 0.0190. The molecule has 7 nitrogen and oxygen atoms in total. The average molecular weight is 495 g/mol. The fourth-order valence-electron chi connectivity index (χ4n) is 6.06. The number of likely N-dealkylation sites (N-methyl/N-ethyl adjacent to an activating group) is 1. The van der Waals surface area contributed by atoms with Crippen LogP contribution in [0.5, 0.6) is 5.75 Å². The van der Waals surface area contributed by atoms with Gasteiger partial charge in [0.1, 0.15) is 5.75 Å². The molecule has 4 rings (SSSR count). The standard InChI is InChI=1S/C29H42N4O3/c1-21-25(22(2)32(5)30-21)13-14-27(34)33-18-16-29(17-19-33)15-9-8-11-24-10-6-7-12-26(24)36-23(3)28(35)31(4)20-29/h6-7,10,12,23H,8-9,11,13-20H2,1-5H3/t23-/m1/s1. The lowest BCUT2D eigenvalue weighted by Gasteiger charge is -2.44. The topological polar surface area (TPSA) is 67.7 Å². The lowest BCUT2D eigenvalue weighted by Crippen LogP contribution is -2.50. The van der Waals surface area contributed by atoms with Crippen LogP contribution in [0.3, 0.4) is 0 Å². The Labute approximate surface area is 215 Å². The van der Waals surface area contributed by atoms with Crippen molar-refractivity contribution in [1.29, 1.82) is 0 Å². The Kier molecular flexibility index (Phi) is 8.06. The molecule has 2 amide bonds. The van der Waals surface area contributed by atoms with Crippen molar-refractivity contribution in [3.8, 4) is 5.75 Å². The van der Waals surface area contributed by atoms with Crippen molar-refractivity contribution in [1.82, 2.24) is 19.6 Å². The lowest BCUT2D eigenvalue weighted by atomic mass is 9.73. The molecule has 1 aromatic carbocycles. The van der Waals surface area contributed by atoms with Gasteiger partial charge >= 0.3 is 0 Å². The predicted octanol–water partition coefficient (Wildman–Crippen LogP) is 4.23. The first kappa shape index (κ1) is 26.2. The van der Waals surface area contributed by atoms with Gasteiger partial charge in [0.15, 0.2) is 6.10 Å². The number of aryl methyl sites for hydroxylation is 3. The van der Waals surface area contributed by atoms with Crippen LogP contribution in [0.25, 0.3) is 0 Å². The second-order valence-corrected chi connectivity index (χ2v) is 10.9. The molecule has 0 N–H and O–H groups in total. The highest BCUT2D eigenvalue weighted by atomic mass is 16.5. The Morgan fingerprint density at radius 3 is 2.53 bits per heavy atom. The molecule has 0 bridgehead atoms. The van der Waals surface area contributed by atoms with E-state index in [-0.39, 0.29) is 17.2 Å². The number of piperidine rings is 1. The Bertz CT molecular complexity index is 1080. The smallest absolute Gasteiger partial charge is 0.263 e. The summed E-state index contributed by atoms with van der Waals surface area (Å²) in [4.78, 5) is 30.1. The van der Waals surface area contributed by atoms with Crippen molar-refractivity contribution in [3.05, 3.63) is 46.8 Å². The summed E-state index contributed by atoms with van der Waals surface area (Å²) in [5.41, 5.74) is 4.57. The number of carbonyl (C=O) groups is 2. The molecule has 0 unspecified atom stereocenters. The monoisotopic (exact) mass is 494 g/mol. The SMILES string of the molecule is Cc1nn(C)c(C)c1CCC(=O)N1CCC2(CCCCc3ccccc3O[C@H](C)C(=O)N(C)C2)CC1. The van der Waals surface area contributed by atoms with Gasteiger partial charge in [-0.1, -0.05) is 24.6 Å². The van der Waals surface area contributed by atoms with Crippen molar-refractivity contribution in [3.63, 3.8) is 0 Å². The zero-order valence-corrected chi connectivity index (χ0v) is 22.7. The number of nitrogens with zero attached hydrogens (tertiary/aromatic N) is 4. The molecule has 0 radical (unpaired) electrons. The predicted molar refractivity (Wildman–Crippen MR) is 141 cm³/mol. The van der Waals surface area contributed by atoms with E-state index < -0.39 is 6.10 Å². The molecule has 1 saturated heterocycles. The number of likely N-dealkylation sites (tertiary alicyclic amines) is 1. The van der Waals surface area contributed by atoms with Crippen LogP contribution in [0.1, 0.15) is 68.0 Å². The van der Waals surface area contributed by atoms with Crippen molar-refractivity contribution >= 4 is 11.8 Å². The summed E-state index contributed by atoms with van der Waals surface area (Å²) in [5, 5.41) is 4.48. The third-order valence-corrected chi connectivity index (χ3v) is 8.40. The summed E-state index contributed by atoms with van der Waals surface area (Å²) in [5.74, 6) is 1.07. The fourth-order valence-corrected chi connectivity index (χ4v) is 6.06. The Hall–Kier alpha value is -2.83. The van der Waals surface area contributed by atoms with Gasteiger partial charge in [0.25, 0.3) is 5.91 Å². The first-order valence-corrected chi connectivity index (χ1v) is 13.5. The van der Waals surface area contributed by atoms with E-state index >= 15 is 0 Å². The quantitative estimate of drug-likeness (QED) is 0.640. The first-order chi connectivity index (χ1) is 17.2. The van der Waals surface area contributed by atoms with Crippen LogP contribution in [0.4, 0.5) is 0 Å². The Balaban J connectivity index is 1.39. The third-order valence-electron chi connectivity index (χ3n) is 8.40. The molecule has 3 heterocycles. The summed E-state index contributed by atoms with van der Waals surface area (Å²) in [7, 11) is 3.85. The van der Waals surface area contributed by atoms with Gasteiger partial charge in [0.2, 0.25) is 5.91 Å². The zero-order valence-electron chi connectivity index (χ0n) is 22.7. The van der Waals surface area contributed by atoms with Crippen LogP contribution in [0, 0.1) is 19.3 Å². The highest BCUT2D eigenvalue weighted by molar-refractivity contribution is 5.80. The van der Waals surface area contributed by atoms with Crippen LogP contribution in [-0.2, 0) is 29.5 Å². The Morgan fingerprint density at radius 2 is 1.83 bits per heavy atom. The van der Waals surface area contributed by atoms with Crippen molar-refractivity contribution in [2.45, 2.75) is 78.2 Å². The third kappa shape index (κ3) is 5.76. The van der Waals surface area contributed by atoms with Gasteiger partial charge in [-0.05, 0) is 81.9 Å². The number of hydrogen-bond acceptors (Lipinski definition) is 4. The van der Waals surface area contributed by atoms with Gasteiger partial charge in [-0.25, -0.2) is 0 Å². The van der Waals surface area contributed by atoms with E-state index in [1.807, 2.05) is 60.6 Å². The molecule has 2 aliphatic rings. The minimum atomic E-state index is -0.520. The van der Waals surface area contributed by atoms with Crippen LogP contribution in [0.15, 0.2) is 24.3 Å². The number of fused-ring (bicyclic) bond motifs is 1. The molecule has 1 aromatic heterocycles. The molecule has 2 aliphatic heterocycles. The molecule has 7 heteroatoms. The van der Waals surface area contributed by atoms with Gasteiger partial charge in [-0.15, -0.1) is 0 Å². The van der Waals surface area contributed by atoms with Crippen molar-refractivity contribution in [2.24, 2.45) is 12.5 Å². The first-order valence-electron chi connectivity index (χ1n) is 13.5. The van der Waals surface area contributed by atoms with Crippen LogP contribution in [-0.4, -0.2) is 64.2 Å². The highest BCUT2D eigenvalue weighted by Gasteiger charge is 2.38. The van der Waals surface area contributed by atoms with Gasteiger partial charge in [-0.2, -0.15) is 5.10 Å². The van der Waals surface area contributed by atoms with Crippen molar-refractivity contribution in [2.75, 3.05) is 26.7 Å². The number of amides is 2. The van der Waals surface area contributed by atoms with Crippen molar-refractivity contribution < 1.29 is 14.3 Å². The number of aromatic nitrogens is 2. The number of para-hydroxylation sites is 1. The molecule has 0 aliphatic carbocycles. The van der Waals surface area contributed by atoms with Gasteiger partial charge in [0, 0.05) is 45.8 Å². The highest BCUT2D eigenvalue weighted by Crippen LogP contribution is 2.38. The number of carbonyl (C=O) groups excluding carboxylic acids is 2. The summed E-state index contributed by atoms with van der Waals surface area (Å²) in [6.45, 7) is 8.18. The van der Waals surface area contributed by atoms with Crippen LogP contribution < -0.4 is 4.74 Å². The van der Waals surface area contributed by atoms with E-state index in [4.69, 9.17) is 4.74 Å². The maximum atomic E-state index is 13.2. The minimum Gasteiger partial charge on any atom is -0.481 e. The van der Waals surface area contributed by atoms with E-state index in [1.54, 1.807) is 0 Å². The molecule has 1 spiro atoms. The van der Waals surface area contributed by atoms with Gasteiger partial charge in [0.05, 0.1) is 5.69 Å². The van der Waals surface area contributed by atoms with Crippen LogP contribution >= 0.6 is 0 Å². The summed E-state index contributed by atoms with van der Waals surface area (Å²) in [6.07, 6.45) is 6.86. The molecule has 0 saturated carbocycles. The fraction of sp³-hybridized carbons (Fsp3) is 0.621. The molecule has 1 atom stereocenters. The van der Waals surface area contributed by atoms with Gasteiger partial charge in [-0.3, -0.25) is 14.3 Å². The molecule has 2 aromatic rings. The van der Waals surface area contributed by atoms with E-state index in [1.165, 1.54) is 11.1 Å². The van der Waals surface area contributed by atoms with E-state index in [9.17, 15) is 9.59 Å². The zero-order chi connectivity index (χ0) is 25.9. The normalized spacial score (nSPS) is 20.9. The van der Waals surface area contributed by atoms with E-state index in [0.29, 0.717) is 6.42 Å². The summed E-state index contributed by atoms with van der Waals surface area (Å²) >= 11 is 0. The summed E-state index contributed by atoms with van der Waals surface area (Å²) < 4.78 is 8.00. The second-order valence-electron chi connectivity index (χ2n) is 10.9. The molecule has 1 fully saturated rings. The number of ether oxygens (including phenoxy) is 1. The molecular weight excluding hydrogens is 452 g/mol.